The van der Waals surface area contributed by atoms with Gasteiger partial charge >= 0.3 is 0 Å². The van der Waals surface area contributed by atoms with Crippen molar-refractivity contribution in [1.29, 1.82) is 0 Å². The minimum Gasteiger partial charge on any atom is -0.496 e. The van der Waals surface area contributed by atoms with Crippen molar-refractivity contribution >= 4 is 11.6 Å². The molecule has 158 valence electrons. The molecule has 3 aromatic carbocycles. The van der Waals surface area contributed by atoms with Crippen LogP contribution in [0.1, 0.15) is 23.6 Å². The highest BCUT2D eigenvalue weighted by Gasteiger charge is 2.08. The summed E-state index contributed by atoms with van der Waals surface area (Å²) in [5, 5.41) is 4.21. The summed E-state index contributed by atoms with van der Waals surface area (Å²) in [4.78, 5) is 0. The Morgan fingerprint density at radius 1 is 0.833 bits per heavy atom. The van der Waals surface area contributed by atoms with E-state index >= 15 is 0 Å². The molecule has 0 fully saturated rings. The lowest BCUT2D eigenvalue weighted by atomic mass is 10.1. The standard InChI is InChI=1S/C25H28ClNO3/c1-3-29-25-16-20(17-27-15-14-21-6-4-5-7-23(21)28-2)10-13-24(25)30-18-19-8-11-22(26)12-9-19/h4-13,16,27H,3,14-15,17-18H2,1-2H3. The van der Waals surface area contributed by atoms with Gasteiger partial charge in [-0.3, -0.25) is 0 Å². The summed E-state index contributed by atoms with van der Waals surface area (Å²) in [6, 6.07) is 21.8. The zero-order valence-corrected chi connectivity index (χ0v) is 18.2. The van der Waals surface area contributed by atoms with Crippen LogP contribution >= 0.6 is 11.6 Å². The number of hydrogen-bond acceptors (Lipinski definition) is 4. The summed E-state index contributed by atoms with van der Waals surface area (Å²) < 4.78 is 17.2. The van der Waals surface area contributed by atoms with E-state index in [1.165, 1.54) is 5.56 Å². The van der Waals surface area contributed by atoms with Crippen LogP contribution in [0.4, 0.5) is 0 Å². The van der Waals surface area contributed by atoms with E-state index in [-0.39, 0.29) is 0 Å². The van der Waals surface area contributed by atoms with Crippen LogP contribution in [0.5, 0.6) is 17.2 Å². The normalized spacial score (nSPS) is 10.6. The summed E-state index contributed by atoms with van der Waals surface area (Å²) in [5.74, 6) is 2.43. The fraction of sp³-hybridized carbons (Fsp3) is 0.280. The van der Waals surface area contributed by atoms with Gasteiger partial charge in [0.1, 0.15) is 12.4 Å². The van der Waals surface area contributed by atoms with Crippen LogP contribution in [0.3, 0.4) is 0 Å². The van der Waals surface area contributed by atoms with Gasteiger partial charge in [-0.2, -0.15) is 0 Å². The van der Waals surface area contributed by atoms with E-state index in [9.17, 15) is 0 Å². The van der Waals surface area contributed by atoms with E-state index in [4.69, 9.17) is 25.8 Å². The molecular weight excluding hydrogens is 398 g/mol. The quantitative estimate of drug-likeness (QED) is 0.402. The Bertz CT molecular complexity index is 928. The molecule has 3 aromatic rings. The molecule has 0 bridgehead atoms. The third kappa shape index (κ3) is 6.41. The van der Waals surface area contributed by atoms with Gasteiger partial charge in [-0.1, -0.05) is 48.0 Å². The molecule has 0 heterocycles. The van der Waals surface area contributed by atoms with E-state index in [1.807, 2.05) is 61.5 Å². The first kappa shape index (κ1) is 22.0. The lowest BCUT2D eigenvalue weighted by Crippen LogP contribution is -2.17. The molecule has 0 spiro atoms. The first-order chi connectivity index (χ1) is 14.7. The average Bonchev–Trinajstić information content (AvgIpc) is 2.77. The molecule has 0 saturated heterocycles. The number of hydrogen-bond donors (Lipinski definition) is 1. The van der Waals surface area contributed by atoms with Crippen molar-refractivity contribution in [3.63, 3.8) is 0 Å². The second-order valence-electron chi connectivity index (χ2n) is 6.87. The summed E-state index contributed by atoms with van der Waals surface area (Å²) in [5.41, 5.74) is 3.41. The zero-order valence-electron chi connectivity index (χ0n) is 17.5. The highest BCUT2D eigenvalue weighted by atomic mass is 35.5. The molecule has 0 amide bonds. The van der Waals surface area contributed by atoms with Gasteiger partial charge in [0.15, 0.2) is 11.5 Å². The minimum absolute atomic E-state index is 0.466. The number of ether oxygens (including phenoxy) is 3. The fourth-order valence-corrected chi connectivity index (χ4v) is 3.28. The van der Waals surface area contributed by atoms with Crippen molar-refractivity contribution in [3.05, 3.63) is 88.4 Å². The van der Waals surface area contributed by atoms with Crippen molar-refractivity contribution in [2.75, 3.05) is 20.3 Å². The minimum atomic E-state index is 0.466. The molecule has 30 heavy (non-hydrogen) atoms. The van der Waals surface area contributed by atoms with E-state index < -0.39 is 0 Å². The van der Waals surface area contributed by atoms with Crippen LogP contribution in [0.15, 0.2) is 66.7 Å². The van der Waals surface area contributed by atoms with Crippen LogP contribution < -0.4 is 19.5 Å². The van der Waals surface area contributed by atoms with Crippen LogP contribution in [-0.4, -0.2) is 20.3 Å². The van der Waals surface area contributed by atoms with Crippen LogP contribution in [-0.2, 0) is 19.6 Å². The molecule has 4 nitrogen and oxygen atoms in total. The van der Waals surface area contributed by atoms with E-state index in [0.29, 0.717) is 13.2 Å². The highest BCUT2D eigenvalue weighted by molar-refractivity contribution is 6.30. The molecule has 0 aliphatic rings. The first-order valence-electron chi connectivity index (χ1n) is 10.1. The molecule has 0 aliphatic carbocycles. The molecule has 3 rings (SSSR count). The SMILES string of the molecule is CCOc1cc(CNCCc2ccccc2OC)ccc1OCc1ccc(Cl)cc1. The molecule has 0 aromatic heterocycles. The number of para-hydroxylation sites is 1. The first-order valence-corrected chi connectivity index (χ1v) is 10.5. The lowest BCUT2D eigenvalue weighted by Gasteiger charge is -2.14. The van der Waals surface area contributed by atoms with Crippen LogP contribution in [0.2, 0.25) is 5.02 Å². The molecule has 5 heteroatoms. The molecule has 0 radical (unpaired) electrons. The maximum Gasteiger partial charge on any atom is 0.161 e. The lowest BCUT2D eigenvalue weighted by molar-refractivity contribution is 0.269. The molecule has 0 aliphatic heterocycles. The highest BCUT2D eigenvalue weighted by Crippen LogP contribution is 2.29. The molecular formula is C25H28ClNO3. The second-order valence-corrected chi connectivity index (χ2v) is 7.30. The summed E-state index contributed by atoms with van der Waals surface area (Å²) in [6.07, 6.45) is 0.907. The van der Waals surface area contributed by atoms with Gasteiger partial charge in [0.25, 0.3) is 0 Å². The summed E-state index contributed by atoms with van der Waals surface area (Å²) >= 11 is 5.94. The van der Waals surface area contributed by atoms with Gasteiger partial charge in [0.2, 0.25) is 0 Å². The Morgan fingerprint density at radius 3 is 2.37 bits per heavy atom. The molecule has 1 N–H and O–H groups in total. The van der Waals surface area contributed by atoms with Crippen molar-refractivity contribution < 1.29 is 14.2 Å². The van der Waals surface area contributed by atoms with Crippen molar-refractivity contribution in [2.45, 2.75) is 26.5 Å². The fourth-order valence-electron chi connectivity index (χ4n) is 3.16. The molecule has 0 atom stereocenters. The van der Waals surface area contributed by atoms with Gasteiger partial charge in [0, 0.05) is 11.6 Å². The van der Waals surface area contributed by atoms with E-state index in [1.54, 1.807) is 7.11 Å². The number of rotatable bonds is 11. The Morgan fingerprint density at radius 2 is 1.60 bits per heavy atom. The largest absolute Gasteiger partial charge is 0.496 e. The molecule has 0 unspecified atom stereocenters. The van der Waals surface area contributed by atoms with Crippen LogP contribution in [0, 0.1) is 0 Å². The van der Waals surface area contributed by atoms with Gasteiger partial charge < -0.3 is 19.5 Å². The van der Waals surface area contributed by atoms with Gasteiger partial charge in [-0.25, -0.2) is 0 Å². The average molecular weight is 426 g/mol. The maximum absolute atomic E-state index is 5.98. The third-order valence-electron chi connectivity index (χ3n) is 4.71. The second kappa shape index (κ2) is 11.5. The predicted octanol–water partition coefficient (Wildman–Crippen LogP) is 5.66. The summed E-state index contributed by atoms with van der Waals surface area (Å²) in [6.45, 7) is 4.64. The Hall–Kier alpha value is -2.69. The smallest absolute Gasteiger partial charge is 0.161 e. The van der Waals surface area contributed by atoms with E-state index in [0.717, 1.165) is 52.9 Å². The zero-order chi connectivity index (χ0) is 21.2. The van der Waals surface area contributed by atoms with Crippen molar-refractivity contribution in [2.24, 2.45) is 0 Å². The number of nitrogens with one attached hydrogen (secondary N) is 1. The monoisotopic (exact) mass is 425 g/mol. The van der Waals surface area contributed by atoms with Crippen molar-refractivity contribution in [1.82, 2.24) is 5.32 Å². The van der Waals surface area contributed by atoms with Gasteiger partial charge in [0.05, 0.1) is 13.7 Å². The third-order valence-corrected chi connectivity index (χ3v) is 4.96. The van der Waals surface area contributed by atoms with Crippen LogP contribution in [0.25, 0.3) is 0 Å². The Balaban J connectivity index is 1.55. The maximum atomic E-state index is 5.98. The predicted molar refractivity (Wildman–Crippen MR) is 122 cm³/mol. The Labute approximate surface area is 183 Å². The number of benzene rings is 3. The number of halogens is 1. The van der Waals surface area contributed by atoms with Gasteiger partial charge in [-0.05, 0) is 66.9 Å². The van der Waals surface area contributed by atoms with E-state index in [2.05, 4.69) is 17.4 Å². The van der Waals surface area contributed by atoms with Crippen molar-refractivity contribution in [3.8, 4) is 17.2 Å². The number of methoxy groups -OCH3 is 1. The molecule has 0 saturated carbocycles. The Kier molecular flexibility index (Phi) is 8.42. The summed E-state index contributed by atoms with van der Waals surface area (Å²) in [7, 11) is 1.71. The van der Waals surface area contributed by atoms with Gasteiger partial charge in [-0.15, -0.1) is 0 Å². The topological polar surface area (TPSA) is 39.7 Å².